The third kappa shape index (κ3) is 5.48. The zero-order chi connectivity index (χ0) is 15.1. The van der Waals surface area contributed by atoms with Gasteiger partial charge in [-0.3, -0.25) is 4.79 Å². The summed E-state index contributed by atoms with van der Waals surface area (Å²) in [6, 6.07) is 10.6. The van der Waals surface area contributed by atoms with Gasteiger partial charge in [-0.1, -0.05) is 30.3 Å². The number of nitrogens with one attached hydrogen (secondary N) is 2. The molecule has 1 aliphatic heterocycles. The number of hydrogen-bond donors (Lipinski definition) is 2. The minimum absolute atomic E-state index is 0.139. The van der Waals surface area contributed by atoms with E-state index in [9.17, 15) is 4.79 Å². The largest absolute Gasteiger partial charge is 0.352 e. The fraction of sp³-hybridized carbons (Fsp3) is 0.588. The standard InChI is InChI=1S/C17H27N3O/c1-14(19-17(21)16-9-6-10-18-11-16)12-20(2)13-15-7-4-3-5-8-15/h3-5,7-8,14,16,18H,6,9-13H2,1-2H3,(H,19,21)/t14?,16-/m1/s1. The van der Waals surface area contributed by atoms with Crippen molar-refractivity contribution in [2.24, 2.45) is 5.92 Å². The highest BCUT2D eigenvalue weighted by Gasteiger charge is 2.22. The van der Waals surface area contributed by atoms with Crippen molar-refractivity contribution in [2.75, 3.05) is 26.7 Å². The summed E-state index contributed by atoms with van der Waals surface area (Å²) in [5, 5.41) is 6.44. The van der Waals surface area contributed by atoms with E-state index in [1.807, 2.05) is 6.07 Å². The molecule has 2 rings (SSSR count). The minimum atomic E-state index is 0.139. The summed E-state index contributed by atoms with van der Waals surface area (Å²) in [5.74, 6) is 0.337. The second-order valence-corrected chi connectivity index (χ2v) is 6.14. The maximum absolute atomic E-state index is 12.2. The highest BCUT2D eigenvalue weighted by molar-refractivity contribution is 5.79. The zero-order valence-electron chi connectivity index (χ0n) is 13.1. The number of benzene rings is 1. The molecule has 1 amide bonds. The summed E-state index contributed by atoms with van der Waals surface area (Å²) >= 11 is 0. The van der Waals surface area contributed by atoms with Crippen LogP contribution in [0.25, 0.3) is 0 Å². The predicted molar refractivity (Wildman–Crippen MR) is 86.0 cm³/mol. The number of amides is 1. The smallest absolute Gasteiger partial charge is 0.224 e. The summed E-state index contributed by atoms with van der Waals surface area (Å²) in [7, 11) is 2.10. The van der Waals surface area contributed by atoms with Gasteiger partial charge in [-0.25, -0.2) is 0 Å². The molecule has 0 bridgehead atoms. The van der Waals surface area contributed by atoms with Gasteiger partial charge < -0.3 is 15.5 Å². The second kappa shape index (κ2) is 8.15. The Hall–Kier alpha value is -1.39. The lowest BCUT2D eigenvalue weighted by Crippen LogP contribution is -2.46. The Morgan fingerprint density at radius 3 is 2.86 bits per heavy atom. The van der Waals surface area contributed by atoms with Crippen LogP contribution in [0.4, 0.5) is 0 Å². The molecule has 21 heavy (non-hydrogen) atoms. The third-order valence-electron chi connectivity index (χ3n) is 3.94. The molecule has 0 radical (unpaired) electrons. The summed E-state index contributed by atoms with van der Waals surface area (Å²) in [5.41, 5.74) is 1.30. The molecule has 0 aliphatic carbocycles. The molecule has 0 spiro atoms. The van der Waals surface area contributed by atoms with E-state index in [2.05, 4.69) is 53.8 Å². The quantitative estimate of drug-likeness (QED) is 0.836. The fourth-order valence-corrected chi connectivity index (χ4v) is 2.91. The average Bonchev–Trinajstić information content (AvgIpc) is 2.48. The van der Waals surface area contributed by atoms with Gasteiger partial charge >= 0.3 is 0 Å². The molecular weight excluding hydrogens is 262 g/mol. The normalized spacial score (nSPS) is 20.2. The molecule has 1 fully saturated rings. The van der Waals surface area contributed by atoms with Crippen LogP contribution in [0.5, 0.6) is 0 Å². The van der Waals surface area contributed by atoms with Crippen LogP contribution in [0.2, 0.25) is 0 Å². The Bertz CT molecular complexity index is 429. The van der Waals surface area contributed by atoms with Gasteiger partial charge in [-0.2, -0.15) is 0 Å². The molecule has 1 heterocycles. The maximum atomic E-state index is 12.2. The van der Waals surface area contributed by atoms with Crippen LogP contribution in [-0.4, -0.2) is 43.5 Å². The van der Waals surface area contributed by atoms with Gasteiger partial charge in [-0.05, 0) is 38.9 Å². The van der Waals surface area contributed by atoms with Crippen LogP contribution in [0.3, 0.4) is 0 Å². The van der Waals surface area contributed by atoms with Crippen LogP contribution < -0.4 is 10.6 Å². The van der Waals surface area contributed by atoms with E-state index in [1.54, 1.807) is 0 Å². The first kappa shape index (κ1) is 16.0. The van der Waals surface area contributed by atoms with Gasteiger partial charge in [0.25, 0.3) is 0 Å². The van der Waals surface area contributed by atoms with Gasteiger partial charge in [0.2, 0.25) is 5.91 Å². The number of rotatable bonds is 6. The number of likely N-dealkylation sites (N-methyl/N-ethyl adjacent to an activating group) is 1. The van der Waals surface area contributed by atoms with Crippen molar-refractivity contribution >= 4 is 5.91 Å². The minimum Gasteiger partial charge on any atom is -0.352 e. The molecule has 0 saturated carbocycles. The van der Waals surface area contributed by atoms with Gasteiger partial charge in [0.15, 0.2) is 0 Å². The Morgan fingerprint density at radius 1 is 1.43 bits per heavy atom. The third-order valence-corrected chi connectivity index (χ3v) is 3.94. The van der Waals surface area contributed by atoms with Crippen molar-refractivity contribution in [3.05, 3.63) is 35.9 Å². The fourth-order valence-electron chi connectivity index (χ4n) is 2.91. The average molecular weight is 289 g/mol. The van der Waals surface area contributed by atoms with E-state index in [0.717, 1.165) is 39.0 Å². The Morgan fingerprint density at radius 2 is 2.19 bits per heavy atom. The van der Waals surface area contributed by atoms with Crippen LogP contribution in [0, 0.1) is 5.92 Å². The number of hydrogen-bond acceptors (Lipinski definition) is 3. The van der Waals surface area contributed by atoms with Crippen molar-refractivity contribution in [3.8, 4) is 0 Å². The molecule has 1 unspecified atom stereocenters. The molecule has 0 aromatic heterocycles. The lowest BCUT2D eigenvalue weighted by molar-refractivity contribution is -0.126. The molecule has 1 aromatic rings. The lowest BCUT2D eigenvalue weighted by atomic mass is 9.98. The van der Waals surface area contributed by atoms with Gasteiger partial charge in [0.1, 0.15) is 0 Å². The highest BCUT2D eigenvalue weighted by Crippen LogP contribution is 2.10. The first-order valence-corrected chi connectivity index (χ1v) is 7.88. The Kier molecular flexibility index (Phi) is 6.21. The van der Waals surface area contributed by atoms with Gasteiger partial charge in [0.05, 0.1) is 5.92 Å². The van der Waals surface area contributed by atoms with Crippen LogP contribution in [-0.2, 0) is 11.3 Å². The lowest BCUT2D eigenvalue weighted by Gasteiger charge is -2.26. The molecule has 1 saturated heterocycles. The molecule has 4 nitrogen and oxygen atoms in total. The Balaban J connectivity index is 1.73. The summed E-state index contributed by atoms with van der Waals surface area (Å²) in [6.45, 7) is 5.71. The number of nitrogens with zero attached hydrogens (tertiary/aromatic N) is 1. The van der Waals surface area contributed by atoms with E-state index in [1.165, 1.54) is 5.56 Å². The van der Waals surface area contributed by atoms with E-state index < -0.39 is 0 Å². The summed E-state index contributed by atoms with van der Waals surface area (Å²) < 4.78 is 0. The van der Waals surface area contributed by atoms with E-state index in [4.69, 9.17) is 0 Å². The van der Waals surface area contributed by atoms with E-state index in [-0.39, 0.29) is 17.9 Å². The van der Waals surface area contributed by atoms with Crippen molar-refractivity contribution in [3.63, 3.8) is 0 Å². The first-order chi connectivity index (χ1) is 10.1. The van der Waals surface area contributed by atoms with Crippen LogP contribution in [0.1, 0.15) is 25.3 Å². The summed E-state index contributed by atoms with van der Waals surface area (Å²) in [6.07, 6.45) is 2.10. The molecule has 1 aliphatic rings. The SMILES string of the molecule is CC(CN(C)Cc1ccccc1)NC(=O)[C@@H]1CCCNC1. The van der Waals surface area contributed by atoms with Gasteiger partial charge in [-0.15, -0.1) is 0 Å². The molecule has 2 atom stereocenters. The second-order valence-electron chi connectivity index (χ2n) is 6.14. The summed E-state index contributed by atoms with van der Waals surface area (Å²) in [4.78, 5) is 14.4. The predicted octanol–water partition coefficient (Wildman–Crippen LogP) is 1.62. The van der Waals surface area contributed by atoms with E-state index >= 15 is 0 Å². The van der Waals surface area contributed by atoms with Crippen molar-refractivity contribution in [1.29, 1.82) is 0 Å². The number of piperidine rings is 1. The molecule has 2 N–H and O–H groups in total. The van der Waals surface area contributed by atoms with Gasteiger partial charge in [0, 0.05) is 25.7 Å². The van der Waals surface area contributed by atoms with Crippen LogP contribution in [0.15, 0.2) is 30.3 Å². The maximum Gasteiger partial charge on any atom is 0.224 e. The van der Waals surface area contributed by atoms with E-state index in [0.29, 0.717) is 0 Å². The molecule has 116 valence electrons. The topological polar surface area (TPSA) is 44.4 Å². The zero-order valence-corrected chi connectivity index (χ0v) is 13.1. The monoisotopic (exact) mass is 289 g/mol. The molecule has 1 aromatic carbocycles. The highest BCUT2D eigenvalue weighted by atomic mass is 16.2. The van der Waals surface area contributed by atoms with Crippen molar-refractivity contribution in [2.45, 2.75) is 32.4 Å². The van der Waals surface area contributed by atoms with Crippen molar-refractivity contribution < 1.29 is 4.79 Å². The number of carbonyl (C=O) groups is 1. The number of carbonyl (C=O) groups excluding carboxylic acids is 1. The molecular formula is C17H27N3O. The van der Waals surface area contributed by atoms with Crippen molar-refractivity contribution in [1.82, 2.24) is 15.5 Å². The molecule has 4 heteroatoms. The first-order valence-electron chi connectivity index (χ1n) is 7.88. The Labute approximate surface area is 127 Å². The van der Waals surface area contributed by atoms with Crippen LogP contribution >= 0.6 is 0 Å².